The quantitative estimate of drug-likeness (QED) is 0.848. The fourth-order valence-corrected chi connectivity index (χ4v) is 2.57. The highest BCUT2D eigenvalue weighted by molar-refractivity contribution is 7.89. The van der Waals surface area contributed by atoms with Crippen molar-refractivity contribution in [1.29, 1.82) is 5.26 Å². The minimum absolute atomic E-state index is 0.0663. The van der Waals surface area contributed by atoms with E-state index in [9.17, 15) is 13.7 Å². The summed E-state index contributed by atoms with van der Waals surface area (Å²) in [5.41, 5.74) is 1.35. The first-order valence-electron chi connectivity index (χ1n) is 7.39. The van der Waals surface area contributed by atoms with Gasteiger partial charge in [0, 0.05) is 24.2 Å². The topological polar surface area (TPSA) is 109 Å². The van der Waals surface area contributed by atoms with Gasteiger partial charge in [0.15, 0.2) is 0 Å². The van der Waals surface area contributed by atoms with Gasteiger partial charge in [-0.3, -0.25) is 0 Å². The van der Waals surface area contributed by atoms with Gasteiger partial charge in [-0.25, -0.2) is 18.5 Å². The number of nitrogens with two attached hydrogens (primary N) is 1. The van der Waals surface area contributed by atoms with Crippen LogP contribution in [0.4, 0.5) is 5.82 Å². The molecule has 0 aromatic carbocycles. The smallest absolute Gasteiger partial charge is 0.211 e. The summed E-state index contributed by atoms with van der Waals surface area (Å²) < 4.78 is 27.2. The number of sulfonamides is 1. The van der Waals surface area contributed by atoms with Crippen LogP contribution < -0.4 is 10.0 Å². The molecule has 0 unspecified atom stereocenters. The molecule has 2 heterocycles. The van der Waals surface area contributed by atoms with Crippen LogP contribution in [0.25, 0.3) is 0 Å². The van der Waals surface area contributed by atoms with Gasteiger partial charge in [-0.05, 0) is 12.1 Å². The summed E-state index contributed by atoms with van der Waals surface area (Å²) in [6.07, 6.45) is -0.0663. The second kappa shape index (κ2) is 6.43. The molecule has 2 rings (SSSR count). The van der Waals surface area contributed by atoms with Crippen LogP contribution in [0.15, 0.2) is 12.1 Å². The van der Waals surface area contributed by atoms with E-state index in [1.165, 1.54) is 0 Å². The van der Waals surface area contributed by atoms with Gasteiger partial charge < -0.3 is 9.64 Å². The molecule has 0 spiro atoms. The van der Waals surface area contributed by atoms with Gasteiger partial charge in [0.1, 0.15) is 11.9 Å². The Morgan fingerprint density at radius 3 is 2.61 bits per heavy atom. The maximum atomic E-state index is 10.9. The first-order chi connectivity index (χ1) is 10.6. The highest BCUT2D eigenvalue weighted by atomic mass is 32.2. The summed E-state index contributed by atoms with van der Waals surface area (Å²) in [4.78, 5) is 6.59. The van der Waals surface area contributed by atoms with E-state index in [0.717, 1.165) is 5.69 Å². The van der Waals surface area contributed by atoms with Crippen molar-refractivity contribution in [2.45, 2.75) is 32.3 Å². The molecule has 8 heteroatoms. The Balaban J connectivity index is 2.00. The number of hydrogen-bond acceptors (Lipinski definition) is 6. The summed E-state index contributed by atoms with van der Waals surface area (Å²) in [5.74, 6) is 0.469. The predicted molar refractivity (Wildman–Crippen MR) is 87.6 cm³/mol. The van der Waals surface area contributed by atoms with Crippen LogP contribution in [0.3, 0.4) is 0 Å². The van der Waals surface area contributed by atoms with Gasteiger partial charge in [0.05, 0.1) is 24.0 Å². The van der Waals surface area contributed by atoms with E-state index in [4.69, 9.17) is 9.88 Å². The van der Waals surface area contributed by atoms with Crippen molar-refractivity contribution < 1.29 is 13.2 Å². The molecule has 7 nitrogen and oxygen atoms in total. The third-order valence-electron chi connectivity index (χ3n) is 3.63. The zero-order valence-electron chi connectivity index (χ0n) is 13.6. The number of rotatable bonds is 5. The summed E-state index contributed by atoms with van der Waals surface area (Å²) >= 11 is 0. The van der Waals surface area contributed by atoms with E-state index < -0.39 is 10.0 Å². The molecular formula is C15H22N4O3S. The van der Waals surface area contributed by atoms with E-state index >= 15 is 0 Å². The Morgan fingerprint density at radius 2 is 2.09 bits per heavy atom. The lowest BCUT2D eigenvalue weighted by Crippen LogP contribution is -2.53. The van der Waals surface area contributed by atoms with Crippen molar-refractivity contribution in [3.05, 3.63) is 23.4 Å². The molecule has 0 bridgehead atoms. The number of aromatic nitrogens is 1. The van der Waals surface area contributed by atoms with Crippen molar-refractivity contribution in [3.63, 3.8) is 0 Å². The zero-order chi connectivity index (χ0) is 17.3. The van der Waals surface area contributed by atoms with Crippen LogP contribution in [0.1, 0.15) is 32.0 Å². The molecule has 1 saturated heterocycles. The molecule has 2 N–H and O–H groups in total. The predicted octanol–water partition coefficient (Wildman–Crippen LogP) is 0.744. The third kappa shape index (κ3) is 4.64. The van der Waals surface area contributed by atoms with Gasteiger partial charge in [-0.15, -0.1) is 0 Å². The normalized spacial score (nSPS) is 16.0. The van der Waals surface area contributed by atoms with Crippen molar-refractivity contribution >= 4 is 15.8 Å². The summed E-state index contributed by atoms with van der Waals surface area (Å²) in [5, 5.41) is 14.2. The SMILES string of the molecule is CC(C)(C)c1ccc(C#N)c(N2CC(OCCS(N)(=O)=O)C2)n1. The molecule has 126 valence electrons. The minimum Gasteiger partial charge on any atom is -0.373 e. The molecule has 0 atom stereocenters. The molecule has 1 aromatic heterocycles. The Morgan fingerprint density at radius 1 is 1.43 bits per heavy atom. The van der Waals surface area contributed by atoms with Gasteiger partial charge in [0.25, 0.3) is 0 Å². The number of anilines is 1. The second-order valence-electron chi connectivity index (χ2n) is 6.69. The molecule has 0 amide bonds. The van der Waals surface area contributed by atoms with Crippen LogP contribution >= 0.6 is 0 Å². The van der Waals surface area contributed by atoms with Crippen molar-refractivity contribution in [2.24, 2.45) is 5.14 Å². The Labute approximate surface area is 137 Å². The van der Waals surface area contributed by atoms with Crippen molar-refractivity contribution in [1.82, 2.24) is 4.98 Å². The van der Waals surface area contributed by atoms with Crippen molar-refractivity contribution in [3.8, 4) is 6.07 Å². The Kier molecular flexibility index (Phi) is 4.94. The molecule has 0 saturated carbocycles. The lowest BCUT2D eigenvalue weighted by molar-refractivity contribution is 0.0438. The van der Waals surface area contributed by atoms with E-state index in [1.807, 2.05) is 11.0 Å². The van der Waals surface area contributed by atoms with E-state index in [1.54, 1.807) is 6.07 Å². The van der Waals surface area contributed by atoms with Crippen LogP contribution in [-0.2, 0) is 20.2 Å². The first-order valence-corrected chi connectivity index (χ1v) is 9.10. The number of ether oxygens (including phenoxy) is 1. The standard InChI is InChI=1S/C15H22N4O3S/c1-15(2,3)13-5-4-11(8-16)14(18-13)19-9-12(10-19)22-6-7-23(17,20)21/h4-5,12H,6-7,9-10H2,1-3H3,(H2,17,20,21). The fourth-order valence-electron chi connectivity index (χ4n) is 2.24. The monoisotopic (exact) mass is 338 g/mol. The summed E-state index contributed by atoms with van der Waals surface area (Å²) in [6.45, 7) is 7.46. The van der Waals surface area contributed by atoms with E-state index in [0.29, 0.717) is 24.5 Å². The van der Waals surface area contributed by atoms with Gasteiger partial charge in [0.2, 0.25) is 10.0 Å². The van der Waals surface area contributed by atoms with E-state index in [2.05, 4.69) is 31.8 Å². The number of nitriles is 1. The minimum atomic E-state index is -3.50. The average molecular weight is 338 g/mol. The zero-order valence-corrected chi connectivity index (χ0v) is 14.4. The second-order valence-corrected chi connectivity index (χ2v) is 8.43. The maximum Gasteiger partial charge on any atom is 0.211 e. The molecule has 1 aliphatic heterocycles. The molecule has 1 aliphatic rings. The van der Waals surface area contributed by atoms with Gasteiger partial charge in [-0.2, -0.15) is 5.26 Å². The van der Waals surface area contributed by atoms with Crippen LogP contribution in [-0.4, -0.2) is 45.0 Å². The lowest BCUT2D eigenvalue weighted by atomic mass is 9.91. The number of hydrogen-bond donors (Lipinski definition) is 1. The number of nitrogens with zero attached hydrogens (tertiary/aromatic N) is 3. The number of primary sulfonamides is 1. The summed E-state index contributed by atoms with van der Waals surface area (Å²) in [6, 6.07) is 5.83. The highest BCUT2D eigenvalue weighted by Crippen LogP contribution is 2.28. The molecule has 0 radical (unpaired) electrons. The first kappa shape index (κ1) is 17.7. The Bertz CT molecular complexity index is 713. The van der Waals surface area contributed by atoms with E-state index in [-0.39, 0.29) is 23.9 Å². The largest absolute Gasteiger partial charge is 0.373 e. The van der Waals surface area contributed by atoms with Crippen LogP contribution in [0.5, 0.6) is 0 Å². The average Bonchev–Trinajstić information content (AvgIpc) is 2.38. The highest BCUT2D eigenvalue weighted by Gasteiger charge is 2.31. The van der Waals surface area contributed by atoms with Crippen molar-refractivity contribution in [2.75, 3.05) is 30.3 Å². The molecule has 0 aliphatic carbocycles. The van der Waals surface area contributed by atoms with Gasteiger partial charge in [-0.1, -0.05) is 20.8 Å². The fraction of sp³-hybridized carbons (Fsp3) is 0.600. The maximum absolute atomic E-state index is 10.9. The Hall–Kier alpha value is -1.69. The summed E-state index contributed by atoms with van der Waals surface area (Å²) in [7, 11) is -3.50. The van der Waals surface area contributed by atoms with Crippen LogP contribution in [0.2, 0.25) is 0 Å². The van der Waals surface area contributed by atoms with Crippen LogP contribution in [0, 0.1) is 11.3 Å². The molecule has 23 heavy (non-hydrogen) atoms. The molecule has 1 fully saturated rings. The molecule has 1 aromatic rings. The lowest BCUT2D eigenvalue weighted by Gasteiger charge is -2.40. The third-order valence-corrected chi connectivity index (χ3v) is 4.37. The number of pyridine rings is 1. The van der Waals surface area contributed by atoms with Gasteiger partial charge >= 0.3 is 0 Å². The molecular weight excluding hydrogens is 316 g/mol.